The third-order valence-electron chi connectivity index (χ3n) is 3.85. The molecule has 2 aliphatic rings. The van der Waals surface area contributed by atoms with Gasteiger partial charge in [-0.15, -0.1) is 0 Å². The fourth-order valence-corrected chi connectivity index (χ4v) is 3.01. The standard InChI is InChI=1S/C14H19NO2/c16-14-6-12-9-17-10-13(7-14)15(12)8-11-4-2-1-3-5-11/h1-5,12-14,16H,6-10H2/t12-,13+,14-. The number of ether oxygens (including phenoxy) is 1. The predicted molar refractivity (Wildman–Crippen MR) is 65.6 cm³/mol. The number of morpholine rings is 1. The smallest absolute Gasteiger partial charge is 0.0623 e. The van der Waals surface area contributed by atoms with E-state index in [0.717, 1.165) is 32.6 Å². The van der Waals surface area contributed by atoms with Crippen LogP contribution in [-0.4, -0.2) is 41.4 Å². The quantitative estimate of drug-likeness (QED) is 0.838. The van der Waals surface area contributed by atoms with Gasteiger partial charge in [0.1, 0.15) is 0 Å². The number of aliphatic hydroxyl groups excluding tert-OH is 1. The molecule has 1 N–H and O–H groups in total. The van der Waals surface area contributed by atoms with Crippen LogP contribution in [0.2, 0.25) is 0 Å². The molecule has 3 rings (SSSR count). The van der Waals surface area contributed by atoms with Crippen molar-refractivity contribution in [2.45, 2.75) is 37.6 Å². The van der Waals surface area contributed by atoms with Gasteiger partial charge < -0.3 is 9.84 Å². The molecule has 2 saturated heterocycles. The van der Waals surface area contributed by atoms with E-state index >= 15 is 0 Å². The van der Waals surface area contributed by atoms with Crippen LogP contribution >= 0.6 is 0 Å². The zero-order valence-corrected chi connectivity index (χ0v) is 9.96. The molecule has 3 atom stereocenters. The minimum atomic E-state index is -0.138. The Kier molecular flexibility index (Phi) is 3.14. The summed E-state index contributed by atoms with van der Waals surface area (Å²) >= 11 is 0. The molecule has 0 saturated carbocycles. The van der Waals surface area contributed by atoms with Gasteiger partial charge in [-0.1, -0.05) is 30.3 Å². The van der Waals surface area contributed by atoms with Crippen LogP contribution in [0.25, 0.3) is 0 Å². The van der Waals surface area contributed by atoms with E-state index in [1.165, 1.54) is 5.56 Å². The molecule has 3 heteroatoms. The van der Waals surface area contributed by atoms with Crippen LogP contribution in [0, 0.1) is 0 Å². The lowest BCUT2D eigenvalue weighted by atomic mass is 9.91. The topological polar surface area (TPSA) is 32.7 Å². The van der Waals surface area contributed by atoms with E-state index in [9.17, 15) is 5.11 Å². The Morgan fingerprint density at radius 1 is 1.12 bits per heavy atom. The van der Waals surface area contributed by atoms with Crippen LogP contribution < -0.4 is 0 Å². The molecular weight excluding hydrogens is 214 g/mol. The molecule has 0 aromatic heterocycles. The van der Waals surface area contributed by atoms with Crippen molar-refractivity contribution >= 4 is 0 Å². The van der Waals surface area contributed by atoms with Gasteiger partial charge in [0.25, 0.3) is 0 Å². The molecule has 0 unspecified atom stereocenters. The number of fused-ring (bicyclic) bond motifs is 2. The molecule has 0 spiro atoms. The van der Waals surface area contributed by atoms with Gasteiger partial charge in [-0.2, -0.15) is 0 Å². The van der Waals surface area contributed by atoms with Crippen molar-refractivity contribution in [3.63, 3.8) is 0 Å². The van der Waals surface area contributed by atoms with Crippen molar-refractivity contribution in [3.8, 4) is 0 Å². The van der Waals surface area contributed by atoms with Crippen molar-refractivity contribution in [2.75, 3.05) is 13.2 Å². The highest BCUT2D eigenvalue weighted by atomic mass is 16.5. The third kappa shape index (κ3) is 2.37. The van der Waals surface area contributed by atoms with Gasteiger partial charge in [0.05, 0.1) is 19.3 Å². The second-order valence-electron chi connectivity index (χ2n) is 5.13. The van der Waals surface area contributed by atoms with Crippen LogP contribution in [0.15, 0.2) is 30.3 Å². The number of rotatable bonds is 2. The van der Waals surface area contributed by atoms with E-state index in [1.54, 1.807) is 0 Å². The molecule has 0 aliphatic carbocycles. The summed E-state index contributed by atoms with van der Waals surface area (Å²) in [5.41, 5.74) is 1.35. The van der Waals surface area contributed by atoms with Gasteiger partial charge in [-0.05, 0) is 18.4 Å². The van der Waals surface area contributed by atoms with E-state index in [2.05, 4.69) is 29.2 Å². The molecule has 0 amide bonds. The van der Waals surface area contributed by atoms with Crippen molar-refractivity contribution in [3.05, 3.63) is 35.9 Å². The van der Waals surface area contributed by atoms with E-state index in [0.29, 0.717) is 12.1 Å². The highest BCUT2D eigenvalue weighted by Gasteiger charge is 2.38. The molecule has 3 nitrogen and oxygen atoms in total. The van der Waals surface area contributed by atoms with E-state index in [-0.39, 0.29) is 6.10 Å². The molecular formula is C14H19NO2. The maximum absolute atomic E-state index is 9.82. The first-order valence-electron chi connectivity index (χ1n) is 6.38. The van der Waals surface area contributed by atoms with Crippen LogP contribution in [-0.2, 0) is 11.3 Å². The minimum Gasteiger partial charge on any atom is -0.393 e. The molecule has 17 heavy (non-hydrogen) atoms. The van der Waals surface area contributed by atoms with Gasteiger partial charge in [0.2, 0.25) is 0 Å². The highest BCUT2D eigenvalue weighted by Crippen LogP contribution is 2.29. The number of hydrogen-bond donors (Lipinski definition) is 1. The normalized spacial score (nSPS) is 33.6. The summed E-state index contributed by atoms with van der Waals surface area (Å²) in [5.74, 6) is 0. The zero-order valence-electron chi connectivity index (χ0n) is 9.96. The average Bonchev–Trinajstić information content (AvgIpc) is 2.32. The molecule has 1 aromatic carbocycles. The Hall–Kier alpha value is -0.900. The van der Waals surface area contributed by atoms with Crippen LogP contribution in [0.1, 0.15) is 18.4 Å². The largest absolute Gasteiger partial charge is 0.393 e. The van der Waals surface area contributed by atoms with Crippen molar-refractivity contribution in [2.24, 2.45) is 0 Å². The van der Waals surface area contributed by atoms with E-state index in [1.807, 2.05) is 6.07 Å². The molecule has 2 bridgehead atoms. The second kappa shape index (κ2) is 4.77. The Bertz CT molecular complexity index is 354. The summed E-state index contributed by atoms with van der Waals surface area (Å²) in [4.78, 5) is 2.51. The summed E-state index contributed by atoms with van der Waals surface area (Å²) in [5, 5.41) is 9.82. The lowest BCUT2D eigenvalue weighted by Crippen LogP contribution is -2.57. The number of benzene rings is 1. The maximum Gasteiger partial charge on any atom is 0.0623 e. The number of nitrogens with zero attached hydrogens (tertiary/aromatic N) is 1. The van der Waals surface area contributed by atoms with Gasteiger partial charge >= 0.3 is 0 Å². The Morgan fingerprint density at radius 3 is 2.41 bits per heavy atom. The lowest BCUT2D eigenvalue weighted by Gasteiger charge is -2.47. The maximum atomic E-state index is 9.82. The average molecular weight is 233 g/mol. The first kappa shape index (κ1) is 11.2. The van der Waals surface area contributed by atoms with Crippen molar-refractivity contribution in [1.29, 1.82) is 0 Å². The Labute approximate surface area is 102 Å². The molecule has 0 radical (unpaired) electrons. The summed E-state index contributed by atoms with van der Waals surface area (Å²) in [6.45, 7) is 2.51. The molecule has 1 aromatic rings. The lowest BCUT2D eigenvalue weighted by molar-refractivity contribution is -0.108. The molecule has 92 valence electrons. The number of piperidine rings is 1. The summed E-state index contributed by atoms with van der Waals surface area (Å²) in [6, 6.07) is 11.3. The molecule has 2 heterocycles. The second-order valence-corrected chi connectivity index (χ2v) is 5.13. The summed E-state index contributed by atoms with van der Waals surface area (Å²) in [6.07, 6.45) is 1.56. The fraction of sp³-hybridized carbons (Fsp3) is 0.571. The number of hydrogen-bond acceptors (Lipinski definition) is 3. The first-order chi connectivity index (χ1) is 8.33. The van der Waals surface area contributed by atoms with Crippen molar-refractivity contribution in [1.82, 2.24) is 4.90 Å². The highest BCUT2D eigenvalue weighted by molar-refractivity contribution is 5.15. The fourth-order valence-electron chi connectivity index (χ4n) is 3.01. The van der Waals surface area contributed by atoms with Crippen LogP contribution in [0.3, 0.4) is 0 Å². The number of aliphatic hydroxyl groups is 1. The predicted octanol–water partition coefficient (Wildman–Crippen LogP) is 1.41. The summed E-state index contributed by atoms with van der Waals surface area (Å²) < 4.78 is 5.60. The minimum absolute atomic E-state index is 0.138. The van der Waals surface area contributed by atoms with Gasteiger partial charge in [-0.25, -0.2) is 0 Å². The first-order valence-corrected chi connectivity index (χ1v) is 6.38. The SMILES string of the molecule is O[C@H]1C[C@H]2COC[C@@H](C1)N2Cc1ccccc1. The van der Waals surface area contributed by atoms with Crippen LogP contribution in [0.5, 0.6) is 0 Å². The summed E-state index contributed by atoms with van der Waals surface area (Å²) in [7, 11) is 0. The van der Waals surface area contributed by atoms with Crippen molar-refractivity contribution < 1.29 is 9.84 Å². The van der Waals surface area contributed by atoms with E-state index < -0.39 is 0 Å². The monoisotopic (exact) mass is 233 g/mol. The van der Waals surface area contributed by atoms with Gasteiger partial charge in [0.15, 0.2) is 0 Å². The Balaban J connectivity index is 1.74. The third-order valence-corrected chi connectivity index (χ3v) is 3.85. The zero-order chi connectivity index (χ0) is 11.7. The van der Waals surface area contributed by atoms with E-state index in [4.69, 9.17) is 4.74 Å². The Morgan fingerprint density at radius 2 is 1.76 bits per heavy atom. The molecule has 2 aliphatic heterocycles. The van der Waals surface area contributed by atoms with Crippen LogP contribution in [0.4, 0.5) is 0 Å². The van der Waals surface area contributed by atoms with Gasteiger partial charge in [-0.3, -0.25) is 4.90 Å². The van der Waals surface area contributed by atoms with Gasteiger partial charge in [0, 0.05) is 18.6 Å². The molecule has 2 fully saturated rings.